The van der Waals surface area contributed by atoms with E-state index >= 15 is 0 Å². The van der Waals surface area contributed by atoms with Crippen molar-refractivity contribution in [1.82, 2.24) is 15.4 Å². The molecule has 1 unspecified atom stereocenters. The van der Waals surface area contributed by atoms with Crippen LogP contribution in [-0.2, 0) is 0 Å². The van der Waals surface area contributed by atoms with Gasteiger partial charge in [-0.3, -0.25) is 5.84 Å². The molecule has 0 radical (unpaired) electrons. The Hall–Kier alpha value is -1.43. The molecule has 1 atom stereocenters. The van der Waals surface area contributed by atoms with Gasteiger partial charge in [-0.2, -0.15) is 0 Å². The van der Waals surface area contributed by atoms with Crippen molar-refractivity contribution >= 4 is 11.8 Å². The number of hydrogen-bond acceptors (Lipinski definition) is 5. The van der Waals surface area contributed by atoms with E-state index in [1.165, 1.54) is 11.2 Å². The molecule has 0 bridgehead atoms. The minimum absolute atomic E-state index is 0.0835. The second-order valence-corrected chi connectivity index (χ2v) is 4.36. The zero-order valence-corrected chi connectivity index (χ0v) is 10.3. The van der Waals surface area contributed by atoms with Crippen LogP contribution < -0.4 is 11.3 Å². The average Bonchev–Trinajstić information content (AvgIpc) is 2.41. The molecule has 0 fully saturated rings. The van der Waals surface area contributed by atoms with Gasteiger partial charge in [0.1, 0.15) is 6.33 Å². The molecular formula is C12H14N4S. The van der Waals surface area contributed by atoms with Crippen molar-refractivity contribution < 1.29 is 0 Å². The molecule has 0 spiro atoms. The molecule has 17 heavy (non-hydrogen) atoms. The molecule has 1 aromatic heterocycles. The summed E-state index contributed by atoms with van der Waals surface area (Å²) >= 11 is 1.70. The van der Waals surface area contributed by atoms with Crippen LogP contribution in [0.5, 0.6) is 0 Å². The lowest BCUT2D eigenvalue weighted by Gasteiger charge is -2.18. The fourth-order valence-corrected chi connectivity index (χ4v) is 2.37. The summed E-state index contributed by atoms with van der Waals surface area (Å²) in [6.07, 6.45) is 7.11. The van der Waals surface area contributed by atoms with E-state index in [0.717, 1.165) is 11.1 Å². The second kappa shape index (κ2) is 5.77. The van der Waals surface area contributed by atoms with Crippen LogP contribution in [-0.4, -0.2) is 16.2 Å². The summed E-state index contributed by atoms with van der Waals surface area (Å²) in [5, 5.41) is 0. The Morgan fingerprint density at radius 2 is 1.94 bits per heavy atom. The van der Waals surface area contributed by atoms with E-state index in [-0.39, 0.29) is 6.04 Å². The largest absolute Gasteiger partial charge is 0.271 e. The Morgan fingerprint density at radius 1 is 1.24 bits per heavy atom. The SMILES string of the molecule is CSc1ccccc1C(NN)c1cncnc1. The molecule has 1 heterocycles. The zero-order valence-electron chi connectivity index (χ0n) is 9.50. The Balaban J connectivity index is 2.42. The smallest absolute Gasteiger partial charge is 0.115 e. The van der Waals surface area contributed by atoms with Crippen molar-refractivity contribution in [3.8, 4) is 0 Å². The monoisotopic (exact) mass is 246 g/mol. The molecule has 0 aliphatic rings. The topological polar surface area (TPSA) is 63.8 Å². The molecule has 0 aliphatic carbocycles. The number of nitrogens with zero attached hydrogens (tertiary/aromatic N) is 2. The van der Waals surface area contributed by atoms with Gasteiger partial charge in [0.25, 0.3) is 0 Å². The maximum atomic E-state index is 5.65. The van der Waals surface area contributed by atoms with Gasteiger partial charge in [-0.05, 0) is 17.9 Å². The van der Waals surface area contributed by atoms with Gasteiger partial charge in [0.05, 0.1) is 6.04 Å². The summed E-state index contributed by atoms with van der Waals surface area (Å²) < 4.78 is 0. The van der Waals surface area contributed by atoms with E-state index in [0.29, 0.717) is 0 Å². The van der Waals surface area contributed by atoms with Crippen molar-refractivity contribution in [2.75, 3.05) is 6.26 Å². The summed E-state index contributed by atoms with van der Waals surface area (Å²) in [5.74, 6) is 5.65. The first kappa shape index (κ1) is 12.0. The van der Waals surface area contributed by atoms with Crippen LogP contribution in [0, 0.1) is 0 Å². The van der Waals surface area contributed by atoms with Crippen LogP contribution in [0.15, 0.2) is 47.9 Å². The number of hydrazine groups is 1. The summed E-state index contributed by atoms with van der Waals surface area (Å²) in [6.45, 7) is 0. The molecular weight excluding hydrogens is 232 g/mol. The first-order chi connectivity index (χ1) is 8.36. The van der Waals surface area contributed by atoms with Gasteiger partial charge in [-0.1, -0.05) is 18.2 Å². The number of rotatable bonds is 4. The molecule has 0 saturated carbocycles. The Bertz CT molecular complexity index is 475. The molecule has 4 nitrogen and oxygen atoms in total. The highest BCUT2D eigenvalue weighted by Gasteiger charge is 2.15. The minimum Gasteiger partial charge on any atom is -0.271 e. The Kier molecular flexibility index (Phi) is 4.08. The Morgan fingerprint density at radius 3 is 2.59 bits per heavy atom. The quantitative estimate of drug-likeness (QED) is 0.489. The van der Waals surface area contributed by atoms with E-state index in [4.69, 9.17) is 5.84 Å². The van der Waals surface area contributed by atoms with Gasteiger partial charge in [0.15, 0.2) is 0 Å². The lowest BCUT2D eigenvalue weighted by Crippen LogP contribution is -2.29. The van der Waals surface area contributed by atoms with Crippen LogP contribution in [0.25, 0.3) is 0 Å². The molecule has 1 aromatic carbocycles. The third-order valence-corrected chi connectivity index (χ3v) is 3.34. The molecule has 2 aromatic rings. The lowest BCUT2D eigenvalue weighted by molar-refractivity contribution is 0.623. The van der Waals surface area contributed by atoms with E-state index in [9.17, 15) is 0 Å². The number of thioether (sulfide) groups is 1. The highest BCUT2D eigenvalue weighted by molar-refractivity contribution is 7.98. The van der Waals surface area contributed by atoms with Crippen molar-refractivity contribution in [2.45, 2.75) is 10.9 Å². The van der Waals surface area contributed by atoms with Crippen LogP contribution in [0.3, 0.4) is 0 Å². The van der Waals surface area contributed by atoms with Gasteiger partial charge in [-0.15, -0.1) is 11.8 Å². The van der Waals surface area contributed by atoms with Crippen molar-refractivity contribution in [3.05, 3.63) is 54.1 Å². The molecule has 5 heteroatoms. The predicted molar refractivity (Wildman–Crippen MR) is 69.4 cm³/mol. The van der Waals surface area contributed by atoms with E-state index in [1.54, 1.807) is 24.2 Å². The summed E-state index contributed by atoms with van der Waals surface area (Å²) in [7, 11) is 0. The first-order valence-electron chi connectivity index (χ1n) is 5.20. The number of nitrogens with one attached hydrogen (secondary N) is 1. The molecule has 0 amide bonds. The van der Waals surface area contributed by atoms with Gasteiger partial charge >= 0.3 is 0 Å². The standard InChI is InChI=1S/C12H14N4S/c1-17-11-5-3-2-4-10(11)12(16-13)9-6-14-8-15-7-9/h2-8,12,16H,13H2,1H3. The van der Waals surface area contributed by atoms with Crippen LogP contribution >= 0.6 is 11.8 Å². The van der Waals surface area contributed by atoms with Gasteiger partial charge in [-0.25, -0.2) is 15.4 Å². The highest BCUT2D eigenvalue weighted by atomic mass is 32.2. The predicted octanol–water partition coefficient (Wildman–Crippen LogP) is 1.75. The van der Waals surface area contributed by atoms with Crippen molar-refractivity contribution in [2.24, 2.45) is 5.84 Å². The van der Waals surface area contributed by atoms with Gasteiger partial charge < -0.3 is 0 Å². The van der Waals surface area contributed by atoms with Crippen molar-refractivity contribution in [1.29, 1.82) is 0 Å². The third-order valence-electron chi connectivity index (χ3n) is 2.53. The van der Waals surface area contributed by atoms with Crippen LogP contribution in [0.2, 0.25) is 0 Å². The van der Waals surface area contributed by atoms with Gasteiger partial charge in [0.2, 0.25) is 0 Å². The number of benzene rings is 1. The van der Waals surface area contributed by atoms with Crippen molar-refractivity contribution in [3.63, 3.8) is 0 Å². The van der Waals surface area contributed by atoms with E-state index in [1.807, 2.05) is 18.4 Å². The summed E-state index contributed by atoms with van der Waals surface area (Å²) in [5.41, 5.74) is 4.91. The zero-order chi connectivity index (χ0) is 12.1. The second-order valence-electron chi connectivity index (χ2n) is 3.51. The maximum absolute atomic E-state index is 5.65. The molecule has 88 valence electrons. The van der Waals surface area contributed by atoms with Crippen LogP contribution in [0.4, 0.5) is 0 Å². The molecule has 2 rings (SSSR count). The molecule has 0 saturated heterocycles. The molecule has 3 N–H and O–H groups in total. The van der Waals surface area contributed by atoms with E-state index in [2.05, 4.69) is 27.5 Å². The maximum Gasteiger partial charge on any atom is 0.115 e. The lowest BCUT2D eigenvalue weighted by atomic mass is 10.0. The summed E-state index contributed by atoms with van der Waals surface area (Å²) in [4.78, 5) is 9.24. The first-order valence-corrected chi connectivity index (χ1v) is 6.43. The summed E-state index contributed by atoms with van der Waals surface area (Å²) in [6, 6.07) is 8.07. The molecule has 0 aliphatic heterocycles. The minimum atomic E-state index is -0.0835. The fraction of sp³-hybridized carbons (Fsp3) is 0.167. The number of hydrogen-bond donors (Lipinski definition) is 2. The number of aromatic nitrogens is 2. The van der Waals surface area contributed by atoms with Gasteiger partial charge in [0, 0.05) is 22.9 Å². The Labute approximate surface area is 105 Å². The van der Waals surface area contributed by atoms with E-state index < -0.39 is 0 Å². The average molecular weight is 246 g/mol. The number of nitrogens with two attached hydrogens (primary N) is 1. The van der Waals surface area contributed by atoms with Crippen LogP contribution in [0.1, 0.15) is 17.2 Å². The normalized spacial score (nSPS) is 12.4. The third kappa shape index (κ3) is 2.63. The highest BCUT2D eigenvalue weighted by Crippen LogP contribution is 2.28. The fourth-order valence-electron chi connectivity index (χ4n) is 1.73.